The third-order valence-electron chi connectivity index (χ3n) is 10.3. The van der Waals surface area contributed by atoms with Crippen LogP contribution in [0.15, 0.2) is 42.1 Å². The number of urea groups is 1. The number of carbonyl (C=O) groups excluding carboxylic acids is 2. The van der Waals surface area contributed by atoms with Crippen LogP contribution in [0.3, 0.4) is 0 Å². The quantitative estimate of drug-likeness (QED) is 0.441. The largest absolute Gasteiger partial charge is 0.497 e. The van der Waals surface area contributed by atoms with Gasteiger partial charge in [0, 0.05) is 30.9 Å². The second-order valence-electron chi connectivity index (χ2n) is 12.7. The number of nitrogens with one attached hydrogen (secondary N) is 1. The van der Waals surface area contributed by atoms with E-state index < -0.39 is 0 Å². The molecule has 5 rings (SSSR count). The minimum Gasteiger partial charge on any atom is -0.497 e. The van der Waals surface area contributed by atoms with E-state index in [1.54, 1.807) is 35.9 Å². The second kappa shape index (κ2) is 11.9. The standard InChI is InChI=1S/C32H47N5O3/c1-5-6-8-24-11-12-26(19-24)32(35(2)3)16-14-31(15-17-32)23-36(30(39)37(31)21-25-9-7-10-25)22-29(38)34-28-20-27(40-4)13-18-33-28/h5-6,8,13,18,20,25-26H,7,9-12,14-17,19,21-23H2,1-4H3,(H,33,34,38)/b6-5-,24-8-/t26?,31-,32+. The monoisotopic (exact) mass is 549 g/mol. The van der Waals surface area contributed by atoms with Gasteiger partial charge in [-0.05, 0) is 96.7 Å². The van der Waals surface area contributed by atoms with Crippen LogP contribution in [0, 0.1) is 11.8 Å². The lowest BCUT2D eigenvalue weighted by atomic mass is 9.65. The van der Waals surface area contributed by atoms with Crippen LogP contribution in [0.4, 0.5) is 10.6 Å². The number of rotatable bonds is 9. The Morgan fingerprint density at radius 2 is 2.00 bits per heavy atom. The van der Waals surface area contributed by atoms with Crippen LogP contribution in [0.25, 0.3) is 0 Å². The molecule has 40 heavy (non-hydrogen) atoms. The summed E-state index contributed by atoms with van der Waals surface area (Å²) in [7, 11) is 6.09. The van der Waals surface area contributed by atoms with E-state index in [9.17, 15) is 9.59 Å². The number of pyridine rings is 1. The highest BCUT2D eigenvalue weighted by Crippen LogP contribution is 2.52. The Morgan fingerprint density at radius 1 is 1.23 bits per heavy atom. The van der Waals surface area contributed by atoms with Crippen molar-refractivity contribution < 1.29 is 14.3 Å². The number of hydrogen-bond donors (Lipinski definition) is 1. The van der Waals surface area contributed by atoms with E-state index in [2.05, 4.69) is 59.3 Å². The van der Waals surface area contributed by atoms with E-state index in [1.165, 1.54) is 38.5 Å². The van der Waals surface area contributed by atoms with Crippen LogP contribution in [0.5, 0.6) is 5.75 Å². The molecule has 8 nitrogen and oxygen atoms in total. The molecule has 2 heterocycles. The van der Waals surface area contributed by atoms with Gasteiger partial charge in [0.25, 0.3) is 0 Å². The Bertz CT molecular complexity index is 1130. The fraction of sp³-hybridized carbons (Fsp3) is 0.656. The highest BCUT2D eigenvalue weighted by molar-refractivity contribution is 5.94. The lowest BCUT2D eigenvalue weighted by Gasteiger charge is -2.54. The molecule has 3 saturated carbocycles. The first-order valence-electron chi connectivity index (χ1n) is 15.1. The highest BCUT2D eigenvalue weighted by atomic mass is 16.5. The first-order chi connectivity index (χ1) is 19.3. The summed E-state index contributed by atoms with van der Waals surface area (Å²) < 4.78 is 5.25. The van der Waals surface area contributed by atoms with E-state index in [0.29, 0.717) is 29.9 Å². The Hall–Kier alpha value is -2.87. The van der Waals surface area contributed by atoms with Crippen LogP contribution >= 0.6 is 0 Å². The number of amides is 3. The molecule has 1 spiro atoms. The molecule has 1 aromatic rings. The van der Waals surface area contributed by atoms with Crippen molar-refractivity contribution in [3.63, 3.8) is 0 Å². The zero-order valence-electron chi connectivity index (χ0n) is 24.8. The van der Waals surface area contributed by atoms with Crippen LogP contribution in [0.2, 0.25) is 0 Å². The molecule has 0 aromatic carbocycles. The summed E-state index contributed by atoms with van der Waals surface area (Å²) >= 11 is 0. The number of anilines is 1. The average Bonchev–Trinajstić information content (AvgIpc) is 3.49. The maximum Gasteiger partial charge on any atom is 0.321 e. The first kappa shape index (κ1) is 28.7. The summed E-state index contributed by atoms with van der Waals surface area (Å²) in [4.78, 5) is 37.6. The Kier molecular flexibility index (Phi) is 8.55. The topological polar surface area (TPSA) is 78.0 Å². The highest BCUT2D eigenvalue weighted by Gasteiger charge is 2.56. The number of ether oxygens (including phenoxy) is 1. The van der Waals surface area contributed by atoms with Crippen molar-refractivity contribution in [3.05, 3.63) is 42.1 Å². The predicted octanol–water partition coefficient (Wildman–Crippen LogP) is 5.48. The van der Waals surface area contributed by atoms with Crippen molar-refractivity contribution in [2.45, 2.75) is 82.2 Å². The molecule has 218 valence electrons. The van der Waals surface area contributed by atoms with E-state index in [4.69, 9.17) is 4.74 Å². The molecule has 3 aliphatic carbocycles. The lowest BCUT2D eigenvalue weighted by molar-refractivity contribution is -0.116. The van der Waals surface area contributed by atoms with Crippen molar-refractivity contribution in [2.24, 2.45) is 11.8 Å². The summed E-state index contributed by atoms with van der Waals surface area (Å²) in [6.07, 6.45) is 19.6. The zero-order chi connectivity index (χ0) is 28.3. The fourth-order valence-electron chi connectivity index (χ4n) is 7.69. The molecule has 4 aliphatic rings. The van der Waals surface area contributed by atoms with E-state index in [1.807, 2.05) is 0 Å². The van der Waals surface area contributed by atoms with Crippen LogP contribution in [-0.2, 0) is 4.79 Å². The minimum absolute atomic E-state index is 0.0236. The molecule has 1 aromatic heterocycles. The van der Waals surface area contributed by atoms with Gasteiger partial charge in [0.2, 0.25) is 5.91 Å². The van der Waals surface area contributed by atoms with Gasteiger partial charge in [0.15, 0.2) is 0 Å². The van der Waals surface area contributed by atoms with Crippen molar-refractivity contribution in [2.75, 3.05) is 46.2 Å². The predicted molar refractivity (Wildman–Crippen MR) is 158 cm³/mol. The summed E-state index contributed by atoms with van der Waals surface area (Å²) in [5.41, 5.74) is 1.53. The van der Waals surface area contributed by atoms with Gasteiger partial charge in [0.1, 0.15) is 18.1 Å². The zero-order valence-corrected chi connectivity index (χ0v) is 24.8. The second-order valence-corrected chi connectivity index (χ2v) is 12.7. The molecule has 4 fully saturated rings. The van der Waals surface area contributed by atoms with Gasteiger partial charge in [-0.15, -0.1) is 0 Å². The smallest absolute Gasteiger partial charge is 0.321 e. The van der Waals surface area contributed by atoms with Gasteiger partial charge in [0.05, 0.1) is 12.6 Å². The summed E-state index contributed by atoms with van der Waals surface area (Å²) in [6.45, 7) is 3.56. The number of aromatic nitrogens is 1. The number of nitrogens with zero attached hydrogens (tertiary/aromatic N) is 4. The van der Waals surface area contributed by atoms with Gasteiger partial charge >= 0.3 is 6.03 Å². The third-order valence-corrected chi connectivity index (χ3v) is 10.3. The SMILES string of the molecule is C/C=C\C=C1\CCC([C@]2(N(C)C)CC[C@@]3(CC2)CN(CC(=O)Nc2cc(OC)ccn2)C(=O)N3CC2CCC2)C1. The molecule has 1 unspecified atom stereocenters. The van der Waals surface area contributed by atoms with E-state index >= 15 is 0 Å². The Balaban J connectivity index is 1.30. The van der Waals surface area contributed by atoms with Crippen LogP contribution in [0.1, 0.15) is 71.1 Å². The van der Waals surface area contributed by atoms with Gasteiger partial charge in [-0.1, -0.05) is 30.2 Å². The third kappa shape index (κ3) is 5.65. The van der Waals surface area contributed by atoms with Crippen molar-refractivity contribution >= 4 is 17.8 Å². The van der Waals surface area contributed by atoms with E-state index in [-0.39, 0.29) is 29.6 Å². The summed E-state index contributed by atoms with van der Waals surface area (Å²) in [5.74, 6) is 2.08. The van der Waals surface area contributed by atoms with Crippen LogP contribution < -0.4 is 10.1 Å². The lowest BCUT2D eigenvalue weighted by Crippen LogP contribution is -2.59. The first-order valence-corrected chi connectivity index (χ1v) is 15.1. The van der Waals surface area contributed by atoms with Gasteiger partial charge in [-0.25, -0.2) is 9.78 Å². The van der Waals surface area contributed by atoms with Gasteiger partial charge < -0.3 is 24.8 Å². The van der Waals surface area contributed by atoms with Gasteiger partial charge in [-0.2, -0.15) is 0 Å². The molecular weight excluding hydrogens is 502 g/mol. The van der Waals surface area contributed by atoms with E-state index in [0.717, 1.165) is 32.2 Å². The number of allylic oxidation sites excluding steroid dienone is 4. The molecule has 1 aliphatic heterocycles. The minimum atomic E-state index is -0.223. The summed E-state index contributed by atoms with van der Waals surface area (Å²) in [6, 6.07) is 3.46. The molecule has 1 saturated heterocycles. The summed E-state index contributed by atoms with van der Waals surface area (Å²) in [5, 5.41) is 2.86. The Morgan fingerprint density at radius 3 is 2.65 bits per heavy atom. The molecule has 0 bridgehead atoms. The molecule has 1 atom stereocenters. The Labute approximate surface area is 239 Å². The maximum atomic E-state index is 13.8. The maximum absolute atomic E-state index is 13.8. The average molecular weight is 550 g/mol. The van der Waals surface area contributed by atoms with Crippen molar-refractivity contribution in [1.29, 1.82) is 0 Å². The molecule has 8 heteroatoms. The molecule has 1 N–H and O–H groups in total. The van der Waals surface area contributed by atoms with Crippen LogP contribution in [-0.4, -0.2) is 83.5 Å². The van der Waals surface area contributed by atoms with Crippen molar-refractivity contribution in [1.82, 2.24) is 19.7 Å². The number of carbonyl (C=O) groups is 2. The molecule has 0 radical (unpaired) electrons. The number of hydrogen-bond acceptors (Lipinski definition) is 5. The van der Waals surface area contributed by atoms with Crippen molar-refractivity contribution in [3.8, 4) is 5.75 Å². The molecule has 3 amide bonds. The van der Waals surface area contributed by atoms with Gasteiger partial charge in [-0.3, -0.25) is 4.79 Å². The normalized spacial score (nSPS) is 30.2. The fourth-order valence-corrected chi connectivity index (χ4v) is 7.69. The number of methoxy groups -OCH3 is 1. The molecular formula is C32H47N5O3.